The number of hydrogen-bond acceptors (Lipinski definition) is 5. The molecule has 1 aliphatic heterocycles. The van der Waals surface area contributed by atoms with E-state index in [2.05, 4.69) is 17.4 Å². The number of benzene rings is 2. The molecule has 2 aromatic rings. The van der Waals surface area contributed by atoms with E-state index in [-0.39, 0.29) is 12.5 Å². The molecule has 1 fully saturated rings. The quantitative estimate of drug-likeness (QED) is 0.609. The molecule has 0 bridgehead atoms. The van der Waals surface area contributed by atoms with E-state index >= 15 is 0 Å². The zero-order valence-electron chi connectivity index (χ0n) is 19.2. The molecule has 1 saturated heterocycles. The third-order valence-corrected chi connectivity index (χ3v) is 6.95. The average molecular weight is 454 g/mol. The van der Waals surface area contributed by atoms with E-state index < -0.39 is 35.9 Å². The van der Waals surface area contributed by atoms with Gasteiger partial charge in [0, 0.05) is 11.8 Å². The van der Waals surface area contributed by atoms with Crippen LogP contribution < -0.4 is 5.32 Å². The Morgan fingerprint density at radius 1 is 1.09 bits per heavy atom. The summed E-state index contributed by atoms with van der Waals surface area (Å²) in [4.78, 5) is 24.6. The Morgan fingerprint density at radius 2 is 1.67 bits per heavy atom. The summed E-state index contributed by atoms with van der Waals surface area (Å²) in [7, 11) is 0. The van der Waals surface area contributed by atoms with Crippen LogP contribution in [-0.2, 0) is 19.0 Å². The molecule has 2 N–H and O–H groups in total. The summed E-state index contributed by atoms with van der Waals surface area (Å²) in [5.41, 5.74) is 4.46. The number of rotatable bonds is 8. The molecule has 1 heterocycles. The van der Waals surface area contributed by atoms with Crippen LogP contribution in [0.3, 0.4) is 0 Å². The Labute approximate surface area is 194 Å². The fourth-order valence-corrected chi connectivity index (χ4v) is 4.86. The molecule has 0 saturated carbocycles. The van der Waals surface area contributed by atoms with Crippen molar-refractivity contribution in [3.05, 3.63) is 59.7 Å². The first-order valence-electron chi connectivity index (χ1n) is 11.5. The first-order valence-corrected chi connectivity index (χ1v) is 11.5. The van der Waals surface area contributed by atoms with Gasteiger partial charge >= 0.3 is 12.1 Å². The first-order chi connectivity index (χ1) is 15.9. The molecule has 2 unspecified atom stereocenters. The highest BCUT2D eigenvalue weighted by molar-refractivity contribution is 5.81. The van der Waals surface area contributed by atoms with Crippen LogP contribution in [0.2, 0.25) is 0 Å². The van der Waals surface area contributed by atoms with Gasteiger partial charge in [-0.2, -0.15) is 0 Å². The monoisotopic (exact) mass is 453 g/mol. The molecule has 3 atom stereocenters. The van der Waals surface area contributed by atoms with Gasteiger partial charge in [-0.05, 0) is 35.1 Å². The molecule has 0 radical (unpaired) electrons. The number of carboxylic acids is 1. The van der Waals surface area contributed by atoms with Crippen molar-refractivity contribution < 1.29 is 28.9 Å². The SMILES string of the molecule is CCC1(CC)OCC([C@H](C)C(NC(=O)OCC2c3ccccc3-c3ccccc32)C(=O)O)O1. The Bertz CT molecular complexity index is 972. The van der Waals surface area contributed by atoms with Crippen molar-refractivity contribution in [3.63, 3.8) is 0 Å². The number of carbonyl (C=O) groups is 2. The van der Waals surface area contributed by atoms with E-state index in [1.54, 1.807) is 6.92 Å². The lowest BCUT2D eigenvalue weighted by molar-refractivity contribution is -0.178. The Hall–Kier alpha value is -2.90. The van der Waals surface area contributed by atoms with Gasteiger partial charge in [0.25, 0.3) is 0 Å². The highest BCUT2D eigenvalue weighted by atomic mass is 16.7. The van der Waals surface area contributed by atoms with E-state index in [0.29, 0.717) is 19.4 Å². The maximum Gasteiger partial charge on any atom is 0.407 e. The first kappa shape index (κ1) is 23.3. The summed E-state index contributed by atoms with van der Waals surface area (Å²) in [5.74, 6) is -2.41. The summed E-state index contributed by atoms with van der Waals surface area (Å²) < 4.78 is 17.4. The van der Waals surface area contributed by atoms with Crippen LogP contribution in [0, 0.1) is 5.92 Å². The summed E-state index contributed by atoms with van der Waals surface area (Å²) in [6.07, 6.45) is 0.154. The van der Waals surface area contributed by atoms with E-state index in [1.807, 2.05) is 50.2 Å². The van der Waals surface area contributed by atoms with Crippen LogP contribution in [0.25, 0.3) is 11.1 Å². The summed E-state index contributed by atoms with van der Waals surface area (Å²) in [6, 6.07) is 15.0. The van der Waals surface area contributed by atoms with Crippen molar-refractivity contribution in [3.8, 4) is 11.1 Å². The highest BCUT2D eigenvalue weighted by Crippen LogP contribution is 2.44. The number of fused-ring (bicyclic) bond motifs is 3. The second-order valence-electron chi connectivity index (χ2n) is 8.73. The fourth-order valence-electron chi connectivity index (χ4n) is 4.86. The Balaban J connectivity index is 1.41. The molecule has 7 heteroatoms. The van der Waals surface area contributed by atoms with Gasteiger partial charge in [0.1, 0.15) is 12.6 Å². The van der Waals surface area contributed by atoms with Gasteiger partial charge < -0.3 is 24.6 Å². The van der Waals surface area contributed by atoms with Gasteiger partial charge in [-0.1, -0.05) is 69.3 Å². The van der Waals surface area contributed by atoms with Gasteiger partial charge in [-0.25, -0.2) is 9.59 Å². The van der Waals surface area contributed by atoms with Gasteiger partial charge in [-0.3, -0.25) is 0 Å². The molecule has 0 aromatic heterocycles. The molecule has 33 heavy (non-hydrogen) atoms. The largest absolute Gasteiger partial charge is 0.480 e. The second kappa shape index (κ2) is 9.53. The van der Waals surface area contributed by atoms with Gasteiger partial charge in [-0.15, -0.1) is 0 Å². The molecule has 4 rings (SSSR count). The topological polar surface area (TPSA) is 94.1 Å². The van der Waals surface area contributed by atoms with Crippen molar-refractivity contribution in [2.75, 3.05) is 13.2 Å². The number of amides is 1. The number of aliphatic carboxylic acids is 1. The van der Waals surface area contributed by atoms with Crippen LogP contribution in [0.5, 0.6) is 0 Å². The lowest BCUT2D eigenvalue weighted by Crippen LogP contribution is -2.49. The lowest BCUT2D eigenvalue weighted by atomic mass is 9.96. The molecule has 7 nitrogen and oxygen atoms in total. The zero-order chi connectivity index (χ0) is 23.6. The molecular formula is C26H31NO6. The summed E-state index contributed by atoms with van der Waals surface area (Å²) >= 11 is 0. The van der Waals surface area contributed by atoms with E-state index in [1.165, 1.54) is 0 Å². The second-order valence-corrected chi connectivity index (χ2v) is 8.73. The molecule has 2 aromatic carbocycles. The number of hydrogen-bond donors (Lipinski definition) is 2. The normalized spacial score (nSPS) is 20.5. The summed E-state index contributed by atoms with van der Waals surface area (Å²) in [5, 5.41) is 12.3. The van der Waals surface area contributed by atoms with Crippen molar-refractivity contribution in [2.24, 2.45) is 5.92 Å². The molecule has 176 valence electrons. The number of carbonyl (C=O) groups excluding carboxylic acids is 1. The maximum absolute atomic E-state index is 12.6. The van der Waals surface area contributed by atoms with E-state index in [4.69, 9.17) is 14.2 Å². The number of nitrogens with one attached hydrogen (secondary N) is 1. The van der Waals surface area contributed by atoms with Crippen molar-refractivity contribution in [2.45, 2.75) is 57.5 Å². The van der Waals surface area contributed by atoms with Crippen LogP contribution in [-0.4, -0.2) is 48.3 Å². The standard InChI is InChI=1S/C26H31NO6/c1-4-26(5-2)32-15-22(33-26)16(3)23(24(28)29)27-25(30)31-14-21-19-12-8-6-10-17(19)18-11-7-9-13-20(18)21/h6-13,16,21-23H,4-5,14-15H2,1-3H3,(H,27,30)(H,28,29)/t16-,22?,23?/m0/s1. The van der Waals surface area contributed by atoms with Crippen LogP contribution in [0.4, 0.5) is 4.79 Å². The smallest absolute Gasteiger partial charge is 0.407 e. The predicted octanol–water partition coefficient (Wildman–Crippen LogP) is 4.55. The molecular weight excluding hydrogens is 422 g/mol. The van der Waals surface area contributed by atoms with Gasteiger partial charge in [0.2, 0.25) is 0 Å². The minimum atomic E-state index is -1.15. The lowest BCUT2D eigenvalue weighted by Gasteiger charge is -2.29. The van der Waals surface area contributed by atoms with Gasteiger partial charge in [0.05, 0.1) is 12.7 Å². The van der Waals surface area contributed by atoms with Gasteiger partial charge in [0.15, 0.2) is 5.79 Å². The molecule has 2 aliphatic rings. The number of ether oxygens (including phenoxy) is 3. The Kier molecular flexibility index (Phi) is 6.72. The van der Waals surface area contributed by atoms with Crippen molar-refractivity contribution >= 4 is 12.1 Å². The predicted molar refractivity (Wildman–Crippen MR) is 123 cm³/mol. The molecule has 0 spiro atoms. The highest BCUT2D eigenvalue weighted by Gasteiger charge is 2.44. The van der Waals surface area contributed by atoms with E-state index in [0.717, 1.165) is 22.3 Å². The third kappa shape index (κ3) is 4.48. The Morgan fingerprint density at radius 3 is 2.18 bits per heavy atom. The maximum atomic E-state index is 12.6. The number of carboxylic acid groups (broad SMARTS) is 1. The fraction of sp³-hybridized carbons (Fsp3) is 0.462. The van der Waals surface area contributed by atoms with E-state index in [9.17, 15) is 14.7 Å². The number of alkyl carbamates (subject to hydrolysis) is 1. The molecule has 1 amide bonds. The zero-order valence-corrected chi connectivity index (χ0v) is 19.2. The average Bonchev–Trinajstić information content (AvgIpc) is 3.41. The molecule has 1 aliphatic carbocycles. The van der Waals surface area contributed by atoms with Crippen molar-refractivity contribution in [1.82, 2.24) is 5.32 Å². The minimum absolute atomic E-state index is 0.0925. The van der Waals surface area contributed by atoms with Crippen LogP contribution in [0.1, 0.15) is 50.7 Å². The van der Waals surface area contributed by atoms with Crippen molar-refractivity contribution in [1.29, 1.82) is 0 Å². The minimum Gasteiger partial charge on any atom is -0.480 e. The summed E-state index contributed by atoms with van der Waals surface area (Å²) in [6.45, 7) is 6.11. The van der Waals surface area contributed by atoms with Crippen LogP contribution in [0.15, 0.2) is 48.5 Å². The third-order valence-electron chi connectivity index (χ3n) is 6.95. The van der Waals surface area contributed by atoms with Crippen LogP contribution >= 0.6 is 0 Å².